The monoisotopic (exact) mass is 613 g/mol. The van der Waals surface area contributed by atoms with Gasteiger partial charge in [-0.1, -0.05) is 18.2 Å². The van der Waals surface area contributed by atoms with E-state index in [0.29, 0.717) is 31.4 Å². The molecule has 1 aromatic heterocycles. The highest BCUT2D eigenvalue weighted by molar-refractivity contribution is 5.94. The van der Waals surface area contributed by atoms with Gasteiger partial charge < -0.3 is 54.3 Å². The lowest BCUT2D eigenvalue weighted by Gasteiger charge is -2.25. The number of nitrogens with one attached hydrogen (secondary N) is 5. The molecule has 4 atom stereocenters. The molecule has 0 aliphatic carbocycles. The summed E-state index contributed by atoms with van der Waals surface area (Å²) in [6, 6.07) is 3.59. The number of para-hydroxylation sites is 1. The number of aliphatic imine (C=N–C) groups is 2. The summed E-state index contributed by atoms with van der Waals surface area (Å²) in [6.45, 7) is 1.12. The highest BCUT2D eigenvalue weighted by atomic mass is 16.4. The second-order valence-electron chi connectivity index (χ2n) is 10.6. The molecule has 16 heteroatoms. The van der Waals surface area contributed by atoms with E-state index in [-0.39, 0.29) is 50.2 Å². The molecule has 0 bridgehead atoms. The van der Waals surface area contributed by atoms with Gasteiger partial charge in [0.15, 0.2) is 11.9 Å². The Bertz CT molecular complexity index is 1340. The van der Waals surface area contributed by atoms with Gasteiger partial charge in [-0.3, -0.25) is 24.4 Å². The normalized spacial score (nSPS) is 16.3. The summed E-state index contributed by atoms with van der Waals surface area (Å²) in [4.78, 5) is 63.0. The van der Waals surface area contributed by atoms with E-state index in [9.17, 15) is 24.3 Å². The molecular weight excluding hydrogens is 570 g/mol. The molecule has 44 heavy (non-hydrogen) atoms. The molecule has 1 aliphatic rings. The topological polar surface area (TPSA) is 281 Å². The number of aromatic amines is 1. The van der Waals surface area contributed by atoms with Crippen LogP contribution in [0, 0.1) is 0 Å². The Hall–Kier alpha value is -4.86. The molecule has 1 aliphatic heterocycles. The van der Waals surface area contributed by atoms with Gasteiger partial charge >= 0.3 is 5.97 Å². The number of carboxylic acids is 1. The van der Waals surface area contributed by atoms with Crippen molar-refractivity contribution < 1.29 is 24.3 Å². The largest absolute Gasteiger partial charge is 0.480 e. The van der Waals surface area contributed by atoms with Crippen LogP contribution in [0.2, 0.25) is 0 Å². The van der Waals surface area contributed by atoms with Gasteiger partial charge in [-0.25, -0.2) is 4.79 Å². The zero-order chi connectivity index (χ0) is 32.1. The lowest BCUT2D eigenvalue weighted by atomic mass is 10.0. The van der Waals surface area contributed by atoms with Crippen molar-refractivity contribution >= 4 is 46.5 Å². The Labute approximate surface area is 254 Å². The minimum atomic E-state index is -1.28. The number of nitrogens with two attached hydrogens (primary N) is 4. The van der Waals surface area contributed by atoms with Gasteiger partial charge in [0, 0.05) is 36.6 Å². The Balaban J connectivity index is 1.75. The highest BCUT2D eigenvalue weighted by Gasteiger charge is 2.31. The molecule has 1 saturated heterocycles. The van der Waals surface area contributed by atoms with Gasteiger partial charge in [0.25, 0.3) is 0 Å². The number of H-pyrrole nitrogens is 1. The predicted molar refractivity (Wildman–Crippen MR) is 166 cm³/mol. The van der Waals surface area contributed by atoms with Crippen molar-refractivity contribution in [2.75, 3.05) is 19.6 Å². The van der Waals surface area contributed by atoms with Gasteiger partial charge in [0.05, 0.1) is 6.04 Å². The number of benzene rings is 1. The number of aliphatic carboxylic acids is 1. The van der Waals surface area contributed by atoms with E-state index in [2.05, 4.69) is 36.2 Å². The third kappa shape index (κ3) is 10.4. The molecule has 16 nitrogen and oxygen atoms in total. The molecule has 1 fully saturated rings. The number of aromatic nitrogens is 1. The van der Waals surface area contributed by atoms with Crippen LogP contribution in [0.15, 0.2) is 40.4 Å². The minimum absolute atomic E-state index is 0.0115. The molecule has 0 saturated carbocycles. The molecule has 2 heterocycles. The first-order valence-corrected chi connectivity index (χ1v) is 14.6. The summed E-state index contributed by atoms with van der Waals surface area (Å²) in [7, 11) is 0. The average Bonchev–Trinajstić information content (AvgIpc) is 3.66. The summed E-state index contributed by atoms with van der Waals surface area (Å²) in [5.41, 5.74) is 23.2. The van der Waals surface area contributed by atoms with Crippen molar-refractivity contribution in [2.45, 2.75) is 69.1 Å². The van der Waals surface area contributed by atoms with Crippen LogP contribution in [0.4, 0.5) is 0 Å². The number of nitrogens with zero attached hydrogens (tertiary/aromatic N) is 2. The maximum Gasteiger partial charge on any atom is 0.326 e. The Morgan fingerprint density at radius 2 is 1.48 bits per heavy atom. The minimum Gasteiger partial charge on any atom is -0.480 e. The quantitative estimate of drug-likeness (QED) is 0.0537. The van der Waals surface area contributed by atoms with Gasteiger partial charge in [0.2, 0.25) is 17.7 Å². The standard InChI is InChI=1S/C28H43N11O5/c29-27(30)34-12-4-9-20(37-23(40)19-8-3-11-33-19)24(41)38-21(10-5-13-35-28(31)32)25(42)39-22(26(43)44)14-16-15-36-18-7-2-1-6-17(16)18/h1-2,6-7,15,19-22,33,36H,3-5,8-14H2,(H,37,40)(H,38,41)(H,39,42)(H,43,44)(H4,29,30,34)(H4,31,32,35). The molecule has 14 N–H and O–H groups in total. The average molecular weight is 614 g/mol. The summed E-state index contributed by atoms with van der Waals surface area (Å²) in [5.74, 6) is -3.08. The first kappa shape index (κ1) is 33.6. The van der Waals surface area contributed by atoms with Crippen molar-refractivity contribution in [3.63, 3.8) is 0 Å². The number of carboxylic acid groups (broad SMARTS) is 1. The number of rotatable bonds is 17. The van der Waals surface area contributed by atoms with Gasteiger partial charge in [-0.2, -0.15) is 0 Å². The molecule has 0 spiro atoms. The van der Waals surface area contributed by atoms with Crippen molar-refractivity contribution in [3.05, 3.63) is 36.0 Å². The van der Waals surface area contributed by atoms with Gasteiger partial charge in [-0.05, 0) is 56.7 Å². The number of guanidine groups is 2. The molecule has 0 radical (unpaired) electrons. The van der Waals surface area contributed by atoms with Crippen LogP contribution in [0.1, 0.15) is 44.1 Å². The van der Waals surface area contributed by atoms with Crippen LogP contribution in [0.5, 0.6) is 0 Å². The summed E-state index contributed by atoms with van der Waals surface area (Å²) in [5, 5.41) is 21.9. The SMILES string of the molecule is NC(N)=NCCCC(NC(=O)C(CCCN=C(N)N)NC(=O)C1CCCN1)C(=O)NC(Cc1c[nH]c2ccccc12)C(=O)O. The molecule has 4 unspecified atom stereocenters. The zero-order valence-corrected chi connectivity index (χ0v) is 24.6. The second kappa shape index (κ2) is 16.7. The lowest BCUT2D eigenvalue weighted by Crippen LogP contribution is -2.57. The number of hydrogen-bond acceptors (Lipinski definition) is 7. The van der Waals surface area contributed by atoms with Crippen LogP contribution >= 0.6 is 0 Å². The Morgan fingerprint density at radius 3 is 2.05 bits per heavy atom. The summed E-state index contributed by atoms with van der Waals surface area (Å²) >= 11 is 0. The number of carbonyl (C=O) groups is 4. The van der Waals surface area contributed by atoms with E-state index >= 15 is 0 Å². The third-order valence-corrected chi connectivity index (χ3v) is 7.25. The first-order chi connectivity index (χ1) is 21.0. The number of fused-ring (bicyclic) bond motifs is 1. The fourth-order valence-corrected chi connectivity index (χ4v) is 4.99. The van der Waals surface area contributed by atoms with Crippen molar-refractivity contribution in [1.82, 2.24) is 26.3 Å². The fourth-order valence-electron chi connectivity index (χ4n) is 4.99. The van der Waals surface area contributed by atoms with Crippen LogP contribution < -0.4 is 44.2 Å². The van der Waals surface area contributed by atoms with Crippen molar-refractivity contribution in [1.29, 1.82) is 0 Å². The molecule has 1 aromatic carbocycles. The zero-order valence-electron chi connectivity index (χ0n) is 24.6. The summed E-state index contributed by atoms with van der Waals surface area (Å²) in [6.07, 6.45) is 4.17. The smallest absolute Gasteiger partial charge is 0.326 e. The maximum atomic E-state index is 13.5. The Kier molecular flexibility index (Phi) is 12.8. The predicted octanol–water partition coefficient (Wildman–Crippen LogP) is -1.89. The van der Waals surface area contributed by atoms with Gasteiger partial charge in [-0.15, -0.1) is 0 Å². The van der Waals surface area contributed by atoms with Crippen molar-refractivity contribution in [3.8, 4) is 0 Å². The van der Waals surface area contributed by atoms with Crippen LogP contribution in [0.3, 0.4) is 0 Å². The maximum absolute atomic E-state index is 13.5. The van der Waals surface area contributed by atoms with Gasteiger partial charge in [0.1, 0.15) is 18.1 Å². The van der Waals surface area contributed by atoms with Crippen LogP contribution in [0.25, 0.3) is 10.9 Å². The molecule has 2 aromatic rings. The third-order valence-electron chi connectivity index (χ3n) is 7.25. The van der Waals surface area contributed by atoms with E-state index in [1.807, 2.05) is 24.3 Å². The van der Waals surface area contributed by atoms with Crippen LogP contribution in [-0.2, 0) is 25.6 Å². The fraction of sp³-hybridized carbons (Fsp3) is 0.500. The summed E-state index contributed by atoms with van der Waals surface area (Å²) < 4.78 is 0. The lowest BCUT2D eigenvalue weighted by molar-refractivity contribution is -0.142. The van der Waals surface area contributed by atoms with E-state index in [4.69, 9.17) is 22.9 Å². The van der Waals surface area contributed by atoms with Crippen molar-refractivity contribution in [2.24, 2.45) is 32.9 Å². The molecule has 240 valence electrons. The van der Waals surface area contributed by atoms with Crippen LogP contribution in [-0.4, -0.2) is 89.5 Å². The van der Waals surface area contributed by atoms with E-state index in [1.54, 1.807) is 6.20 Å². The number of hydrogen-bond donors (Lipinski definition) is 10. The Morgan fingerprint density at radius 1 is 0.886 bits per heavy atom. The van der Waals surface area contributed by atoms with E-state index in [1.165, 1.54) is 0 Å². The number of amides is 3. The highest BCUT2D eigenvalue weighted by Crippen LogP contribution is 2.19. The first-order valence-electron chi connectivity index (χ1n) is 14.6. The number of carbonyl (C=O) groups excluding carboxylic acids is 3. The van der Waals surface area contributed by atoms with E-state index in [0.717, 1.165) is 17.3 Å². The molecule has 3 amide bonds. The molecular formula is C28H43N11O5. The van der Waals surface area contributed by atoms with E-state index < -0.39 is 42.0 Å². The second-order valence-corrected chi connectivity index (χ2v) is 10.6. The molecule has 3 rings (SSSR count).